The van der Waals surface area contributed by atoms with Gasteiger partial charge in [0.15, 0.2) is 6.29 Å². The van der Waals surface area contributed by atoms with Crippen LogP contribution in [0.5, 0.6) is 0 Å². The zero-order valence-electron chi connectivity index (χ0n) is 11.1. The average Bonchev–Trinajstić information content (AvgIpc) is 1.98. The molecule has 0 heterocycles. The predicted molar refractivity (Wildman–Crippen MR) is 64.9 cm³/mol. The number of rotatable bonds is 5. The molecule has 0 saturated heterocycles. The second-order valence-corrected chi connectivity index (χ2v) is 5.10. The van der Waals surface area contributed by atoms with E-state index in [4.69, 9.17) is 20.4 Å². The Labute approximate surface area is 98.9 Å². The second-order valence-electron chi connectivity index (χ2n) is 5.10. The van der Waals surface area contributed by atoms with Gasteiger partial charge in [-0.1, -0.05) is 20.3 Å². The van der Waals surface area contributed by atoms with Crippen LogP contribution in [0.15, 0.2) is 0 Å². The van der Waals surface area contributed by atoms with E-state index in [0.29, 0.717) is 18.8 Å². The third-order valence-corrected chi connectivity index (χ3v) is 2.11. The van der Waals surface area contributed by atoms with E-state index in [1.807, 2.05) is 13.8 Å². The van der Waals surface area contributed by atoms with Gasteiger partial charge in [0.2, 0.25) is 0 Å². The Kier molecular flexibility index (Phi) is 10.2. The van der Waals surface area contributed by atoms with E-state index in [-0.39, 0.29) is 0 Å². The third-order valence-electron chi connectivity index (χ3n) is 2.11. The van der Waals surface area contributed by atoms with Crippen molar-refractivity contribution in [3.05, 3.63) is 0 Å². The summed E-state index contributed by atoms with van der Waals surface area (Å²) in [6.45, 7) is 9.06. The number of hydrogen-bond acceptors (Lipinski definition) is 4. The molecule has 4 heteroatoms. The molecule has 0 spiro atoms. The Balaban J connectivity index is 0. The van der Waals surface area contributed by atoms with Crippen molar-refractivity contribution < 1.29 is 20.4 Å². The molecule has 0 aromatic heterocycles. The minimum absolute atomic E-state index is 0.407. The SMILES string of the molecule is CC(O)CC(C)(C)O.CCC(C)CC(O)O. The number of aliphatic hydroxyl groups is 4. The van der Waals surface area contributed by atoms with Crippen molar-refractivity contribution in [2.24, 2.45) is 5.92 Å². The van der Waals surface area contributed by atoms with Crippen LogP contribution in [0.25, 0.3) is 0 Å². The molecule has 100 valence electrons. The Morgan fingerprint density at radius 3 is 1.56 bits per heavy atom. The molecule has 0 amide bonds. The molecule has 0 aromatic carbocycles. The quantitative estimate of drug-likeness (QED) is 0.542. The van der Waals surface area contributed by atoms with Crippen molar-refractivity contribution in [1.82, 2.24) is 0 Å². The summed E-state index contributed by atoms with van der Waals surface area (Å²) in [5.41, 5.74) is -0.728. The van der Waals surface area contributed by atoms with Gasteiger partial charge in [-0.2, -0.15) is 0 Å². The minimum atomic E-state index is -1.12. The average molecular weight is 236 g/mol. The normalized spacial score (nSPS) is 15.4. The summed E-state index contributed by atoms with van der Waals surface area (Å²) >= 11 is 0. The van der Waals surface area contributed by atoms with Gasteiger partial charge in [0.05, 0.1) is 11.7 Å². The molecule has 0 fully saturated rings. The van der Waals surface area contributed by atoms with Crippen molar-refractivity contribution in [3.8, 4) is 0 Å². The van der Waals surface area contributed by atoms with Gasteiger partial charge in [0.25, 0.3) is 0 Å². The summed E-state index contributed by atoms with van der Waals surface area (Å²) in [6, 6.07) is 0. The summed E-state index contributed by atoms with van der Waals surface area (Å²) in [4.78, 5) is 0. The highest BCUT2D eigenvalue weighted by molar-refractivity contribution is 4.67. The topological polar surface area (TPSA) is 80.9 Å². The molecule has 0 aromatic rings. The van der Waals surface area contributed by atoms with Gasteiger partial charge in [-0.15, -0.1) is 0 Å². The van der Waals surface area contributed by atoms with Crippen LogP contribution in [0, 0.1) is 5.92 Å². The number of aliphatic hydroxyl groups excluding tert-OH is 2. The van der Waals surface area contributed by atoms with Gasteiger partial charge >= 0.3 is 0 Å². The van der Waals surface area contributed by atoms with Crippen molar-refractivity contribution in [2.45, 2.75) is 71.9 Å². The molecule has 0 radical (unpaired) electrons. The van der Waals surface area contributed by atoms with E-state index < -0.39 is 18.0 Å². The van der Waals surface area contributed by atoms with Crippen LogP contribution >= 0.6 is 0 Å². The minimum Gasteiger partial charge on any atom is -0.393 e. The molecule has 0 bridgehead atoms. The van der Waals surface area contributed by atoms with Gasteiger partial charge in [-0.25, -0.2) is 0 Å². The first-order valence-corrected chi connectivity index (χ1v) is 5.85. The zero-order valence-corrected chi connectivity index (χ0v) is 11.1. The first kappa shape index (κ1) is 18.2. The molecule has 0 rings (SSSR count). The molecule has 2 atom stereocenters. The van der Waals surface area contributed by atoms with Gasteiger partial charge in [-0.05, 0) is 26.7 Å². The highest BCUT2D eigenvalue weighted by Crippen LogP contribution is 2.09. The Hall–Kier alpha value is -0.160. The zero-order chi connectivity index (χ0) is 13.4. The Morgan fingerprint density at radius 2 is 1.50 bits per heavy atom. The fraction of sp³-hybridized carbons (Fsp3) is 1.00. The van der Waals surface area contributed by atoms with Crippen LogP contribution in [0.2, 0.25) is 0 Å². The monoisotopic (exact) mass is 236 g/mol. The highest BCUT2D eigenvalue weighted by atomic mass is 16.5. The lowest BCUT2D eigenvalue weighted by atomic mass is 10.0. The lowest BCUT2D eigenvalue weighted by molar-refractivity contribution is -0.0547. The second kappa shape index (κ2) is 8.93. The summed E-state index contributed by atoms with van der Waals surface area (Å²) in [7, 11) is 0. The van der Waals surface area contributed by atoms with Crippen molar-refractivity contribution in [3.63, 3.8) is 0 Å². The lowest BCUT2D eigenvalue weighted by Crippen LogP contribution is -2.24. The Morgan fingerprint density at radius 1 is 1.06 bits per heavy atom. The van der Waals surface area contributed by atoms with E-state index >= 15 is 0 Å². The molecule has 0 saturated carbocycles. The van der Waals surface area contributed by atoms with E-state index in [1.54, 1.807) is 20.8 Å². The summed E-state index contributed by atoms with van der Waals surface area (Å²) < 4.78 is 0. The van der Waals surface area contributed by atoms with Crippen molar-refractivity contribution in [1.29, 1.82) is 0 Å². The maximum absolute atomic E-state index is 9.03. The molecule has 4 N–H and O–H groups in total. The molecule has 2 unspecified atom stereocenters. The van der Waals surface area contributed by atoms with Crippen LogP contribution < -0.4 is 0 Å². The van der Waals surface area contributed by atoms with Gasteiger partial charge in [0, 0.05) is 12.8 Å². The van der Waals surface area contributed by atoms with Crippen LogP contribution in [0.3, 0.4) is 0 Å². The molecule has 0 aliphatic carbocycles. The third kappa shape index (κ3) is 19.4. The van der Waals surface area contributed by atoms with Crippen LogP contribution in [-0.4, -0.2) is 38.4 Å². The van der Waals surface area contributed by atoms with Crippen LogP contribution in [-0.2, 0) is 0 Å². The van der Waals surface area contributed by atoms with E-state index in [9.17, 15) is 0 Å². The lowest BCUT2D eigenvalue weighted by Gasteiger charge is -2.17. The molecule has 0 aliphatic rings. The van der Waals surface area contributed by atoms with Crippen molar-refractivity contribution >= 4 is 0 Å². The van der Waals surface area contributed by atoms with Crippen LogP contribution in [0.1, 0.15) is 53.9 Å². The fourth-order valence-electron chi connectivity index (χ4n) is 1.25. The Bertz CT molecular complexity index is 150. The first-order valence-electron chi connectivity index (χ1n) is 5.85. The van der Waals surface area contributed by atoms with Gasteiger partial charge in [-0.3, -0.25) is 0 Å². The first-order chi connectivity index (χ1) is 7.08. The predicted octanol–water partition coefficient (Wildman–Crippen LogP) is 1.26. The van der Waals surface area contributed by atoms with Crippen molar-refractivity contribution in [2.75, 3.05) is 0 Å². The summed E-state index contributed by atoms with van der Waals surface area (Å²) in [5.74, 6) is 0.426. The molecular weight excluding hydrogens is 208 g/mol. The summed E-state index contributed by atoms with van der Waals surface area (Å²) in [5, 5.41) is 34.6. The van der Waals surface area contributed by atoms with Gasteiger partial charge < -0.3 is 20.4 Å². The largest absolute Gasteiger partial charge is 0.393 e. The number of hydrogen-bond donors (Lipinski definition) is 4. The molecule has 4 nitrogen and oxygen atoms in total. The smallest absolute Gasteiger partial charge is 0.151 e. The fourth-order valence-corrected chi connectivity index (χ4v) is 1.25. The highest BCUT2D eigenvalue weighted by Gasteiger charge is 2.14. The van der Waals surface area contributed by atoms with E-state index in [2.05, 4.69) is 0 Å². The van der Waals surface area contributed by atoms with E-state index in [0.717, 1.165) is 6.42 Å². The van der Waals surface area contributed by atoms with E-state index in [1.165, 1.54) is 0 Å². The standard InChI is InChI=1S/2C6H14O2/c1-5(7)4-6(2,3)8;1-3-5(2)4-6(7)8/h5,7-8H,4H2,1-3H3;5-8H,3-4H2,1-2H3. The maximum Gasteiger partial charge on any atom is 0.151 e. The van der Waals surface area contributed by atoms with Gasteiger partial charge in [0.1, 0.15) is 0 Å². The van der Waals surface area contributed by atoms with Crippen LogP contribution in [0.4, 0.5) is 0 Å². The molecule has 16 heavy (non-hydrogen) atoms. The summed E-state index contributed by atoms with van der Waals surface area (Å²) in [6.07, 6.45) is 0.418. The molecule has 0 aliphatic heterocycles. The molecular formula is C12H28O4. The maximum atomic E-state index is 9.03.